The Hall–Kier alpha value is -4.24. The van der Waals surface area contributed by atoms with Crippen LogP contribution < -0.4 is 10.6 Å². The second-order valence-electron chi connectivity index (χ2n) is 13.8. The van der Waals surface area contributed by atoms with Gasteiger partial charge in [-0.3, -0.25) is 9.13 Å². The van der Waals surface area contributed by atoms with E-state index in [2.05, 4.69) is 133 Å². The molecule has 0 atom stereocenters. The molecule has 59 heavy (non-hydrogen) atoms. The predicted octanol–water partition coefficient (Wildman–Crippen LogP) is 14.9. The van der Waals surface area contributed by atoms with Crippen molar-refractivity contribution in [3.05, 3.63) is 133 Å². The van der Waals surface area contributed by atoms with Crippen molar-refractivity contribution in [1.82, 2.24) is 0 Å². The van der Waals surface area contributed by atoms with E-state index >= 15 is 9.13 Å². The molecule has 0 aliphatic heterocycles. The highest BCUT2D eigenvalue weighted by atomic mass is 32.1. The molecule has 0 radical (unpaired) electrons. The zero-order valence-electron chi connectivity index (χ0n) is 33.1. The van der Waals surface area contributed by atoms with Gasteiger partial charge in [0.1, 0.15) is 0 Å². The van der Waals surface area contributed by atoms with Crippen LogP contribution in [0.3, 0.4) is 0 Å². The van der Waals surface area contributed by atoms with Crippen molar-refractivity contribution in [2.75, 3.05) is 26.4 Å². The van der Waals surface area contributed by atoms with Gasteiger partial charge in [-0.1, -0.05) is 97.1 Å². The number of fused-ring (bicyclic) bond motifs is 4. The summed E-state index contributed by atoms with van der Waals surface area (Å²) in [5.41, 5.74) is 2.26. The maximum absolute atomic E-state index is 15.4. The van der Waals surface area contributed by atoms with Crippen LogP contribution in [0.25, 0.3) is 83.5 Å². The van der Waals surface area contributed by atoms with Crippen LogP contribution in [0.5, 0.6) is 0 Å². The molecule has 0 amide bonds. The fourth-order valence-corrected chi connectivity index (χ4v) is 17.0. The van der Waals surface area contributed by atoms with Crippen LogP contribution in [-0.4, -0.2) is 26.4 Å². The third-order valence-corrected chi connectivity index (χ3v) is 18.9. The summed E-state index contributed by atoms with van der Waals surface area (Å²) < 4.78 is 55.4. The van der Waals surface area contributed by atoms with Gasteiger partial charge in [-0.15, -0.1) is 34.0 Å². The predicted molar refractivity (Wildman–Crippen MR) is 253 cm³/mol. The average Bonchev–Trinajstić information content (AvgIpc) is 4.02. The van der Waals surface area contributed by atoms with Gasteiger partial charge in [-0.2, -0.15) is 0 Å². The van der Waals surface area contributed by atoms with Gasteiger partial charge < -0.3 is 18.1 Å². The quantitative estimate of drug-likeness (QED) is 0.0801. The third-order valence-electron chi connectivity index (χ3n) is 10.3. The van der Waals surface area contributed by atoms with E-state index in [0.29, 0.717) is 9.75 Å². The highest BCUT2D eigenvalue weighted by Gasteiger charge is 2.46. The molecule has 0 spiro atoms. The van der Waals surface area contributed by atoms with Crippen molar-refractivity contribution in [2.24, 2.45) is 0 Å². The summed E-state index contributed by atoms with van der Waals surface area (Å²) in [5.74, 6) is 0. The molecule has 6 nitrogen and oxygen atoms in total. The zero-order chi connectivity index (χ0) is 40.7. The number of hydrogen-bond donors (Lipinski definition) is 0. The molecule has 9 rings (SSSR count). The Balaban J connectivity index is 1.33. The van der Waals surface area contributed by atoms with E-state index < -0.39 is 15.2 Å². The Bertz CT molecular complexity index is 2770. The maximum atomic E-state index is 15.4. The van der Waals surface area contributed by atoms with Crippen molar-refractivity contribution < 1.29 is 27.2 Å². The Morgan fingerprint density at radius 1 is 0.390 bits per heavy atom. The van der Waals surface area contributed by atoms with Crippen LogP contribution in [0.4, 0.5) is 0 Å². The largest absolute Gasteiger partial charge is 0.363 e. The molecule has 3 aromatic heterocycles. The number of thiophene rings is 3. The first kappa shape index (κ1) is 40.2. The van der Waals surface area contributed by atoms with Crippen molar-refractivity contribution >= 4 is 103 Å². The van der Waals surface area contributed by atoms with Gasteiger partial charge in [-0.25, -0.2) is 0 Å². The lowest BCUT2D eigenvalue weighted by molar-refractivity contribution is 0.226. The Labute approximate surface area is 356 Å². The fraction of sp³-hybridized carbons (Fsp3) is 0.167. The minimum atomic E-state index is -4.12. The second kappa shape index (κ2) is 16.7. The summed E-state index contributed by atoms with van der Waals surface area (Å²) in [4.78, 5) is 5.12. The molecule has 3 heterocycles. The van der Waals surface area contributed by atoms with Crippen LogP contribution in [-0.2, 0) is 27.2 Å². The lowest BCUT2D eigenvalue weighted by Crippen LogP contribution is -2.28. The summed E-state index contributed by atoms with van der Waals surface area (Å²) in [5, 5.41) is 9.66. The van der Waals surface area contributed by atoms with Gasteiger partial charge in [0.25, 0.3) is 0 Å². The van der Waals surface area contributed by atoms with Crippen LogP contribution in [0.1, 0.15) is 27.7 Å². The molecule has 11 heteroatoms. The molecule has 0 N–H and O–H groups in total. The number of hydrogen-bond acceptors (Lipinski definition) is 9. The van der Waals surface area contributed by atoms with Gasteiger partial charge in [-0.05, 0) is 107 Å². The van der Waals surface area contributed by atoms with E-state index in [-0.39, 0.29) is 37.0 Å². The molecule has 298 valence electrons. The Morgan fingerprint density at radius 2 is 0.678 bits per heavy atom. The van der Waals surface area contributed by atoms with E-state index in [1.807, 2.05) is 0 Å². The van der Waals surface area contributed by atoms with Gasteiger partial charge in [0.2, 0.25) is 0 Å². The van der Waals surface area contributed by atoms with E-state index in [4.69, 9.17) is 18.1 Å². The molecule has 0 unspecified atom stereocenters. The smallest absolute Gasteiger partial charge is 0.305 e. The van der Waals surface area contributed by atoms with E-state index in [0.717, 1.165) is 73.7 Å². The molecular formula is C48H42O6P2S3. The normalized spacial score (nSPS) is 12.4. The van der Waals surface area contributed by atoms with Crippen LogP contribution in [0.2, 0.25) is 0 Å². The first-order valence-corrected chi connectivity index (χ1v) is 25.3. The van der Waals surface area contributed by atoms with Crippen LogP contribution in [0, 0.1) is 0 Å². The molecule has 0 saturated carbocycles. The van der Waals surface area contributed by atoms with Gasteiger partial charge in [0.15, 0.2) is 0 Å². The molecule has 0 aliphatic rings. The minimum Gasteiger partial charge on any atom is -0.305 e. The fourth-order valence-electron chi connectivity index (χ4n) is 8.02. The van der Waals surface area contributed by atoms with Crippen LogP contribution >= 0.6 is 49.2 Å². The highest BCUT2D eigenvalue weighted by molar-refractivity contribution is 7.71. The van der Waals surface area contributed by atoms with Crippen molar-refractivity contribution in [3.8, 4) is 40.4 Å². The average molecular weight is 873 g/mol. The van der Waals surface area contributed by atoms with Gasteiger partial charge in [0.05, 0.1) is 46.8 Å². The standard InChI is InChI=1S/C48H42O6P2S3/c1-5-51-55(49,52-6-2)45-46(56(50,53-7-3)54-8-4)48(42-28-26-40(58-42)44-37-23-15-11-19-33(37)30-34-20-12-16-24-38(34)44)59-47(45)41-27-25-39(57-41)43-35-21-13-9-17-31(35)29-32-18-10-14-22-36(32)43/h9-30H,5-8H2,1-4H3. The van der Waals surface area contributed by atoms with E-state index in [9.17, 15) is 0 Å². The molecular weight excluding hydrogens is 831 g/mol. The first-order chi connectivity index (χ1) is 28.8. The lowest BCUT2D eigenvalue weighted by atomic mass is 9.96. The Morgan fingerprint density at radius 3 is 0.983 bits per heavy atom. The summed E-state index contributed by atoms with van der Waals surface area (Å²) in [6.07, 6.45) is 0. The molecule has 0 bridgehead atoms. The SMILES string of the molecule is CCOP(=O)(OCC)c1c(-c2ccc(-c3c4ccccc4cc4ccccc34)s2)sc(-c2ccc(-c3c4ccccc4cc4ccccc34)s2)c1P(=O)(OCC)OCC. The van der Waals surface area contributed by atoms with E-state index in [1.165, 1.54) is 11.3 Å². The van der Waals surface area contributed by atoms with Gasteiger partial charge >= 0.3 is 15.2 Å². The maximum Gasteiger partial charge on any atom is 0.363 e. The topological polar surface area (TPSA) is 71.1 Å². The summed E-state index contributed by atoms with van der Waals surface area (Å²) >= 11 is 4.65. The third kappa shape index (κ3) is 7.17. The van der Waals surface area contributed by atoms with Crippen molar-refractivity contribution in [1.29, 1.82) is 0 Å². The highest BCUT2D eigenvalue weighted by Crippen LogP contribution is 2.60. The molecule has 0 aliphatic carbocycles. The first-order valence-electron chi connectivity index (χ1n) is 19.8. The summed E-state index contributed by atoms with van der Waals surface area (Å²) in [6, 6.07) is 46.6. The monoisotopic (exact) mass is 872 g/mol. The molecule has 6 aromatic carbocycles. The summed E-state index contributed by atoms with van der Waals surface area (Å²) in [6.45, 7) is 7.62. The van der Waals surface area contributed by atoms with Crippen LogP contribution in [0.15, 0.2) is 133 Å². The molecule has 9 aromatic rings. The zero-order valence-corrected chi connectivity index (χ0v) is 37.3. The molecule has 0 fully saturated rings. The Kier molecular flexibility index (Phi) is 11.3. The number of benzene rings is 6. The minimum absolute atomic E-state index is 0.115. The lowest BCUT2D eigenvalue weighted by Gasteiger charge is -2.23. The molecule has 0 saturated heterocycles. The van der Waals surface area contributed by atoms with Crippen molar-refractivity contribution in [2.45, 2.75) is 27.7 Å². The summed E-state index contributed by atoms with van der Waals surface area (Å²) in [7, 11) is -8.25. The van der Waals surface area contributed by atoms with Crippen molar-refractivity contribution in [3.63, 3.8) is 0 Å². The van der Waals surface area contributed by atoms with E-state index in [1.54, 1.807) is 50.4 Å². The second-order valence-corrected chi connectivity index (χ2v) is 20.9. The number of rotatable bonds is 14. The van der Waals surface area contributed by atoms with Gasteiger partial charge in [0, 0.05) is 30.6 Å².